The molecule has 0 aromatic heterocycles. The van der Waals surface area contributed by atoms with Gasteiger partial charge in [-0.1, -0.05) is 68.8 Å². The lowest BCUT2D eigenvalue weighted by Gasteiger charge is -2.41. The highest BCUT2D eigenvalue weighted by Crippen LogP contribution is 2.45. The van der Waals surface area contributed by atoms with Crippen molar-refractivity contribution in [3.8, 4) is 0 Å². The number of halogens is 1. The Balaban J connectivity index is 1.25. The highest BCUT2D eigenvalue weighted by molar-refractivity contribution is 6.33. The van der Waals surface area contributed by atoms with Crippen LogP contribution in [-0.2, 0) is 4.79 Å². The predicted molar refractivity (Wildman–Crippen MR) is 158 cm³/mol. The van der Waals surface area contributed by atoms with E-state index in [9.17, 15) is 9.59 Å². The molecule has 0 spiro atoms. The lowest BCUT2D eigenvalue weighted by Crippen LogP contribution is -2.48. The standard InChI is InChI=1S/C32H35ClN4O2/c1-32(2,3)31(39)34-21-12-15-28(26(33)20-21)35-16-18-36(19-17-35)29-23-8-4-5-9-24(23)30(38)37(22-13-14-22)27-11-7-6-10-25(27)29/h4-12,15,20,22,29H,13-14,16-19H2,1-3H3,(H,34,39). The highest BCUT2D eigenvalue weighted by Gasteiger charge is 2.41. The van der Waals surface area contributed by atoms with Crippen LogP contribution in [0.2, 0.25) is 5.02 Å². The second-order valence-corrected chi connectivity index (χ2v) is 12.3. The molecule has 2 heterocycles. The summed E-state index contributed by atoms with van der Waals surface area (Å²) in [5, 5.41) is 3.60. The van der Waals surface area contributed by atoms with Crippen molar-refractivity contribution in [2.75, 3.05) is 41.3 Å². The Kier molecular flexibility index (Phi) is 6.64. The van der Waals surface area contributed by atoms with E-state index in [1.165, 1.54) is 5.56 Å². The van der Waals surface area contributed by atoms with Gasteiger partial charge in [0.25, 0.3) is 5.91 Å². The minimum Gasteiger partial charge on any atom is -0.368 e. The van der Waals surface area contributed by atoms with Gasteiger partial charge >= 0.3 is 0 Å². The number of piperazine rings is 1. The van der Waals surface area contributed by atoms with Crippen LogP contribution in [0.15, 0.2) is 66.7 Å². The molecule has 0 radical (unpaired) electrons. The summed E-state index contributed by atoms with van der Waals surface area (Å²) in [5.74, 6) is 0.0785. The number of amides is 2. The van der Waals surface area contributed by atoms with Gasteiger partial charge in [0.15, 0.2) is 0 Å². The van der Waals surface area contributed by atoms with Gasteiger partial charge in [0.05, 0.1) is 16.8 Å². The number of nitrogens with zero attached hydrogens (tertiary/aromatic N) is 3. The first-order valence-corrected chi connectivity index (χ1v) is 14.2. The molecule has 3 aromatic carbocycles. The van der Waals surface area contributed by atoms with Crippen LogP contribution in [0, 0.1) is 5.41 Å². The van der Waals surface area contributed by atoms with E-state index in [1.807, 2.05) is 68.1 Å². The fourth-order valence-electron chi connectivity index (χ4n) is 5.74. The van der Waals surface area contributed by atoms with Crippen molar-refractivity contribution in [3.05, 3.63) is 88.4 Å². The van der Waals surface area contributed by atoms with E-state index >= 15 is 0 Å². The Bertz CT molecular complexity index is 1420. The summed E-state index contributed by atoms with van der Waals surface area (Å²) >= 11 is 6.72. The van der Waals surface area contributed by atoms with Gasteiger partial charge in [0.2, 0.25) is 5.91 Å². The van der Waals surface area contributed by atoms with Crippen molar-refractivity contribution < 1.29 is 9.59 Å². The Hall–Kier alpha value is -3.35. The van der Waals surface area contributed by atoms with E-state index in [0.717, 1.165) is 61.5 Å². The smallest absolute Gasteiger partial charge is 0.258 e. The third-order valence-corrected chi connectivity index (χ3v) is 8.32. The first kappa shape index (κ1) is 25.9. The van der Waals surface area contributed by atoms with Gasteiger partial charge in [0, 0.05) is 54.6 Å². The lowest BCUT2D eigenvalue weighted by molar-refractivity contribution is -0.123. The summed E-state index contributed by atoms with van der Waals surface area (Å²) in [6, 6.07) is 22.6. The topological polar surface area (TPSA) is 55.9 Å². The normalized spacial score (nSPS) is 19.8. The Morgan fingerprint density at radius 2 is 1.54 bits per heavy atom. The van der Waals surface area contributed by atoms with Crippen molar-refractivity contribution in [1.29, 1.82) is 0 Å². The Labute approximate surface area is 235 Å². The maximum atomic E-state index is 13.8. The summed E-state index contributed by atoms with van der Waals surface area (Å²) in [6.07, 6.45) is 2.12. The molecule has 3 aliphatic rings. The number of benzene rings is 3. The second kappa shape index (κ2) is 10.00. The SMILES string of the molecule is CC(C)(C)C(=O)Nc1ccc(N2CCN(C3c4ccccc4C(=O)N(C4CC4)c4ccccc43)CC2)c(Cl)c1. The largest absolute Gasteiger partial charge is 0.368 e. The minimum absolute atomic E-state index is 0.0118. The van der Waals surface area contributed by atoms with Crippen LogP contribution in [0.5, 0.6) is 0 Å². The Morgan fingerprint density at radius 3 is 2.21 bits per heavy atom. The number of nitrogens with one attached hydrogen (secondary N) is 1. The van der Waals surface area contributed by atoms with E-state index in [4.69, 9.17) is 11.6 Å². The van der Waals surface area contributed by atoms with Crippen molar-refractivity contribution in [1.82, 2.24) is 4.90 Å². The van der Waals surface area contributed by atoms with Gasteiger partial charge in [-0.3, -0.25) is 14.5 Å². The van der Waals surface area contributed by atoms with Crippen LogP contribution < -0.4 is 15.1 Å². The second-order valence-electron chi connectivity index (χ2n) is 11.8. The Morgan fingerprint density at radius 1 is 0.872 bits per heavy atom. The van der Waals surface area contributed by atoms with Crippen LogP contribution in [0.1, 0.15) is 61.1 Å². The first-order chi connectivity index (χ1) is 18.7. The molecule has 1 saturated heterocycles. The summed E-state index contributed by atoms with van der Waals surface area (Å²) in [7, 11) is 0. The molecule has 1 aliphatic carbocycles. The lowest BCUT2D eigenvalue weighted by atomic mass is 9.93. The summed E-state index contributed by atoms with van der Waals surface area (Å²) < 4.78 is 0. The third-order valence-electron chi connectivity index (χ3n) is 8.01. The first-order valence-electron chi connectivity index (χ1n) is 13.8. The van der Waals surface area contributed by atoms with E-state index in [2.05, 4.69) is 39.4 Å². The van der Waals surface area contributed by atoms with Gasteiger partial charge in [-0.05, 0) is 54.3 Å². The zero-order valence-corrected chi connectivity index (χ0v) is 23.5. The molecule has 1 atom stereocenters. The van der Waals surface area contributed by atoms with Crippen LogP contribution in [0.4, 0.5) is 17.1 Å². The minimum atomic E-state index is -0.475. The third kappa shape index (κ3) is 4.92. The zero-order valence-electron chi connectivity index (χ0n) is 22.8. The van der Waals surface area contributed by atoms with E-state index in [0.29, 0.717) is 16.8 Å². The average Bonchev–Trinajstić information content (AvgIpc) is 3.76. The molecule has 39 heavy (non-hydrogen) atoms. The molecule has 2 aliphatic heterocycles. The molecular weight excluding hydrogens is 508 g/mol. The molecule has 1 saturated carbocycles. The van der Waals surface area contributed by atoms with Gasteiger partial charge in [0.1, 0.15) is 0 Å². The summed E-state index contributed by atoms with van der Waals surface area (Å²) in [4.78, 5) is 33.1. The fourth-order valence-corrected chi connectivity index (χ4v) is 6.04. The number of rotatable bonds is 4. The van der Waals surface area contributed by atoms with Gasteiger partial charge in [-0.25, -0.2) is 0 Å². The molecule has 202 valence electrons. The molecule has 6 rings (SSSR count). The molecular formula is C32H35ClN4O2. The molecule has 7 heteroatoms. The van der Waals surface area contributed by atoms with Gasteiger partial charge < -0.3 is 15.1 Å². The van der Waals surface area contributed by atoms with Gasteiger partial charge in [-0.2, -0.15) is 0 Å². The summed E-state index contributed by atoms with van der Waals surface area (Å²) in [5.41, 5.74) is 5.35. The van der Waals surface area contributed by atoms with Crippen molar-refractivity contribution in [2.45, 2.75) is 45.7 Å². The molecule has 1 unspecified atom stereocenters. The number of anilines is 3. The number of fused-ring (bicyclic) bond motifs is 2. The van der Waals surface area contributed by atoms with Gasteiger partial charge in [-0.15, -0.1) is 0 Å². The van der Waals surface area contributed by atoms with Crippen LogP contribution in [-0.4, -0.2) is 48.9 Å². The number of carbonyl (C=O) groups is 2. The number of hydrogen-bond donors (Lipinski definition) is 1. The molecule has 2 amide bonds. The highest BCUT2D eigenvalue weighted by atomic mass is 35.5. The van der Waals surface area contributed by atoms with Crippen LogP contribution >= 0.6 is 11.6 Å². The van der Waals surface area contributed by atoms with E-state index < -0.39 is 5.41 Å². The maximum Gasteiger partial charge on any atom is 0.258 e. The number of para-hydroxylation sites is 1. The summed E-state index contributed by atoms with van der Waals surface area (Å²) in [6.45, 7) is 8.98. The fraction of sp³-hybridized carbons (Fsp3) is 0.375. The predicted octanol–water partition coefficient (Wildman–Crippen LogP) is 6.36. The molecule has 3 aromatic rings. The molecule has 0 bridgehead atoms. The van der Waals surface area contributed by atoms with Crippen molar-refractivity contribution in [2.24, 2.45) is 5.41 Å². The van der Waals surface area contributed by atoms with Crippen LogP contribution in [0.25, 0.3) is 0 Å². The number of carbonyl (C=O) groups excluding carboxylic acids is 2. The number of hydrogen-bond acceptors (Lipinski definition) is 4. The average molecular weight is 543 g/mol. The molecule has 1 N–H and O–H groups in total. The molecule has 6 nitrogen and oxygen atoms in total. The zero-order chi connectivity index (χ0) is 27.3. The van der Waals surface area contributed by atoms with Crippen molar-refractivity contribution in [3.63, 3.8) is 0 Å². The van der Waals surface area contributed by atoms with Crippen molar-refractivity contribution >= 4 is 40.5 Å². The van der Waals surface area contributed by atoms with Crippen LogP contribution in [0.3, 0.4) is 0 Å². The monoisotopic (exact) mass is 542 g/mol. The van der Waals surface area contributed by atoms with E-state index in [-0.39, 0.29) is 17.9 Å². The molecule has 2 fully saturated rings. The maximum absolute atomic E-state index is 13.8. The van der Waals surface area contributed by atoms with E-state index in [1.54, 1.807) is 0 Å². The quantitative estimate of drug-likeness (QED) is 0.417.